The molecular formula is C10H17N5S. The van der Waals surface area contributed by atoms with Crippen molar-refractivity contribution in [1.82, 2.24) is 14.8 Å². The summed E-state index contributed by atoms with van der Waals surface area (Å²) in [6.45, 7) is 4.58. The highest BCUT2D eigenvalue weighted by Crippen LogP contribution is 2.22. The fourth-order valence-electron chi connectivity index (χ4n) is 1.38. The zero-order chi connectivity index (χ0) is 12.0. The van der Waals surface area contributed by atoms with Crippen LogP contribution in [0.25, 0.3) is 0 Å². The Kier molecular flexibility index (Phi) is 5.29. The van der Waals surface area contributed by atoms with Gasteiger partial charge in [0.05, 0.1) is 12.6 Å². The SMILES string of the molecule is CC(C)n1c(CN)nnc1SCCCC#N. The van der Waals surface area contributed by atoms with Gasteiger partial charge >= 0.3 is 0 Å². The second kappa shape index (κ2) is 6.51. The average molecular weight is 239 g/mol. The number of unbranched alkanes of at least 4 members (excludes halogenated alkanes) is 1. The average Bonchev–Trinajstić information content (AvgIpc) is 2.67. The standard InChI is InChI=1S/C10H17N5S/c1-8(2)15-9(7-12)13-14-10(15)16-6-4-3-5-11/h8H,3-4,6-7,12H2,1-2H3. The number of aromatic nitrogens is 3. The van der Waals surface area contributed by atoms with Crippen LogP contribution in [0, 0.1) is 11.3 Å². The first-order valence-corrected chi connectivity index (χ1v) is 6.32. The minimum absolute atomic E-state index is 0.312. The van der Waals surface area contributed by atoms with Crippen molar-refractivity contribution in [1.29, 1.82) is 5.26 Å². The molecule has 0 aliphatic heterocycles. The van der Waals surface area contributed by atoms with Gasteiger partial charge in [-0.1, -0.05) is 11.8 Å². The molecular weight excluding hydrogens is 222 g/mol. The maximum absolute atomic E-state index is 8.44. The number of hydrogen-bond donors (Lipinski definition) is 1. The first kappa shape index (κ1) is 13.0. The predicted octanol–water partition coefficient (Wildman–Crippen LogP) is 1.71. The lowest BCUT2D eigenvalue weighted by atomic mass is 10.4. The van der Waals surface area contributed by atoms with Crippen LogP contribution in [0.5, 0.6) is 0 Å². The van der Waals surface area contributed by atoms with Crippen molar-refractivity contribution in [2.75, 3.05) is 5.75 Å². The Bertz CT molecular complexity index is 366. The molecule has 2 N–H and O–H groups in total. The maximum Gasteiger partial charge on any atom is 0.191 e. The zero-order valence-corrected chi connectivity index (χ0v) is 10.5. The van der Waals surface area contributed by atoms with E-state index in [1.165, 1.54) is 0 Å². The normalized spacial score (nSPS) is 10.7. The van der Waals surface area contributed by atoms with E-state index in [2.05, 4.69) is 34.7 Å². The summed E-state index contributed by atoms with van der Waals surface area (Å²) in [6, 6.07) is 2.44. The Hall–Kier alpha value is -1.06. The number of hydrogen-bond acceptors (Lipinski definition) is 5. The van der Waals surface area contributed by atoms with Crippen molar-refractivity contribution in [2.24, 2.45) is 5.73 Å². The molecule has 16 heavy (non-hydrogen) atoms. The van der Waals surface area contributed by atoms with E-state index >= 15 is 0 Å². The highest BCUT2D eigenvalue weighted by atomic mass is 32.2. The number of rotatable bonds is 6. The Morgan fingerprint density at radius 2 is 2.25 bits per heavy atom. The Morgan fingerprint density at radius 1 is 1.50 bits per heavy atom. The van der Waals surface area contributed by atoms with Gasteiger partial charge in [0.2, 0.25) is 0 Å². The van der Waals surface area contributed by atoms with Crippen molar-refractivity contribution >= 4 is 11.8 Å². The highest BCUT2D eigenvalue weighted by Gasteiger charge is 2.13. The van der Waals surface area contributed by atoms with E-state index in [9.17, 15) is 0 Å². The number of nitrogens with zero attached hydrogens (tertiary/aromatic N) is 4. The van der Waals surface area contributed by atoms with E-state index in [-0.39, 0.29) is 0 Å². The fourth-order valence-corrected chi connectivity index (χ4v) is 2.40. The molecule has 0 aliphatic rings. The number of nitriles is 1. The van der Waals surface area contributed by atoms with E-state index in [1.54, 1.807) is 11.8 Å². The van der Waals surface area contributed by atoms with Gasteiger partial charge in [0, 0.05) is 18.2 Å². The topological polar surface area (TPSA) is 80.5 Å². The second-order valence-electron chi connectivity index (χ2n) is 3.68. The summed E-state index contributed by atoms with van der Waals surface area (Å²) in [6.07, 6.45) is 1.47. The lowest BCUT2D eigenvalue weighted by Crippen LogP contribution is -2.11. The summed E-state index contributed by atoms with van der Waals surface area (Å²) < 4.78 is 2.05. The quantitative estimate of drug-likeness (QED) is 0.604. The molecule has 0 fully saturated rings. The van der Waals surface area contributed by atoms with E-state index in [0.29, 0.717) is 19.0 Å². The van der Waals surface area contributed by atoms with Gasteiger partial charge in [-0.2, -0.15) is 5.26 Å². The van der Waals surface area contributed by atoms with E-state index in [4.69, 9.17) is 11.0 Å². The van der Waals surface area contributed by atoms with Crippen LogP contribution in [0.4, 0.5) is 0 Å². The summed E-state index contributed by atoms with van der Waals surface area (Å²) in [4.78, 5) is 0. The third-order valence-electron chi connectivity index (χ3n) is 2.10. The van der Waals surface area contributed by atoms with Crippen LogP contribution in [-0.4, -0.2) is 20.5 Å². The van der Waals surface area contributed by atoms with Crippen molar-refractivity contribution in [3.8, 4) is 6.07 Å². The summed E-state index contributed by atoms with van der Waals surface area (Å²) in [5, 5.41) is 17.5. The van der Waals surface area contributed by atoms with Gasteiger partial charge in [-0.3, -0.25) is 0 Å². The van der Waals surface area contributed by atoms with Gasteiger partial charge in [0.15, 0.2) is 5.16 Å². The molecule has 1 heterocycles. The molecule has 6 heteroatoms. The van der Waals surface area contributed by atoms with Gasteiger partial charge in [0.25, 0.3) is 0 Å². The molecule has 0 bridgehead atoms. The summed E-state index contributed by atoms with van der Waals surface area (Å²) >= 11 is 1.63. The molecule has 0 aromatic carbocycles. The summed E-state index contributed by atoms with van der Waals surface area (Å²) in [7, 11) is 0. The molecule has 0 unspecified atom stereocenters. The Labute approximate surface area is 100 Å². The predicted molar refractivity (Wildman–Crippen MR) is 63.9 cm³/mol. The Balaban J connectivity index is 2.65. The van der Waals surface area contributed by atoms with Crippen molar-refractivity contribution in [3.05, 3.63) is 5.82 Å². The van der Waals surface area contributed by atoms with Crippen LogP contribution < -0.4 is 5.73 Å². The van der Waals surface area contributed by atoms with Crippen molar-refractivity contribution in [3.63, 3.8) is 0 Å². The van der Waals surface area contributed by atoms with Crippen LogP contribution in [0.2, 0.25) is 0 Å². The van der Waals surface area contributed by atoms with Crippen LogP contribution in [0.15, 0.2) is 5.16 Å². The van der Waals surface area contributed by atoms with Gasteiger partial charge in [-0.25, -0.2) is 0 Å². The third kappa shape index (κ3) is 3.22. The Morgan fingerprint density at radius 3 is 2.81 bits per heavy atom. The van der Waals surface area contributed by atoms with Gasteiger partial charge in [-0.05, 0) is 20.3 Å². The second-order valence-corrected chi connectivity index (χ2v) is 4.74. The van der Waals surface area contributed by atoms with E-state index < -0.39 is 0 Å². The highest BCUT2D eigenvalue weighted by molar-refractivity contribution is 7.99. The molecule has 5 nitrogen and oxygen atoms in total. The molecule has 1 rings (SSSR count). The monoisotopic (exact) mass is 239 g/mol. The molecule has 1 aromatic rings. The largest absolute Gasteiger partial charge is 0.324 e. The minimum Gasteiger partial charge on any atom is -0.324 e. The minimum atomic E-state index is 0.312. The van der Waals surface area contributed by atoms with Crippen LogP contribution in [-0.2, 0) is 6.54 Å². The smallest absolute Gasteiger partial charge is 0.191 e. The molecule has 0 spiro atoms. The number of nitrogens with two attached hydrogens (primary N) is 1. The first-order valence-electron chi connectivity index (χ1n) is 5.34. The van der Waals surface area contributed by atoms with Crippen molar-refractivity contribution < 1.29 is 0 Å². The van der Waals surface area contributed by atoms with E-state index in [1.807, 2.05) is 0 Å². The molecule has 0 atom stereocenters. The van der Waals surface area contributed by atoms with Gasteiger partial charge < -0.3 is 10.3 Å². The maximum atomic E-state index is 8.44. The summed E-state index contributed by atoms with van der Waals surface area (Å²) in [5.74, 6) is 1.71. The molecule has 0 saturated carbocycles. The van der Waals surface area contributed by atoms with Gasteiger partial charge in [0.1, 0.15) is 5.82 Å². The van der Waals surface area contributed by atoms with Gasteiger partial charge in [-0.15, -0.1) is 10.2 Å². The molecule has 0 aliphatic carbocycles. The molecule has 1 aromatic heterocycles. The van der Waals surface area contributed by atoms with Crippen LogP contribution in [0.3, 0.4) is 0 Å². The molecule has 0 radical (unpaired) electrons. The third-order valence-corrected chi connectivity index (χ3v) is 3.13. The van der Waals surface area contributed by atoms with Crippen LogP contribution in [0.1, 0.15) is 38.6 Å². The first-order chi connectivity index (χ1) is 7.70. The summed E-state index contributed by atoms with van der Waals surface area (Å²) in [5.41, 5.74) is 5.60. The number of thioether (sulfide) groups is 1. The molecule has 0 amide bonds. The van der Waals surface area contributed by atoms with Crippen molar-refractivity contribution in [2.45, 2.75) is 44.4 Å². The lowest BCUT2D eigenvalue weighted by molar-refractivity contribution is 0.526. The fraction of sp³-hybridized carbons (Fsp3) is 0.700. The lowest BCUT2D eigenvalue weighted by Gasteiger charge is -2.12. The molecule has 88 valence electrons. The van der Waals surface area contributed by atoms with Crippen LogP contribution >= 0.6 is 11.8 Å². The van der Waals surface area contributed by atoms with E-state index in [0.717, 1.165) is 23.2 Å². The molecule has 0 saturated heterocycles. The zero-order valence-electron chi connectivity index (χ0n) is 9.68.